The van der Waals surface area contributed by atoms with Crippen LogP contribution in [0.3, 0.4) is 0 Å². The van der Waals surface area contributed by atoms with Gasteiger partial charge in [0.05, 0.1) is 34.8 Å². The standard InChI is InChI=1S/C23H29F3N4O6S/c24-23(25,26)15-2-1-3-18(37(27,33)34)20(15)14-10-22(36-12-14)5-8-29(9-6-22)21(32)30-7-4-17-16(11-30)28-19(31)13-35-17/h1-3,14,16-17H,4-13H2,(H,28,31)(H2,27,33,34)/t14-,16-,17+/m1/s1. The van der Waals surface area contributed by atoms with Crippen LogP contribution in [0.25, 0.3) is 0 Å². The summed E-state index contributed by atoms with van der Waals surface area (Å²) in [5.74, 6) is -1.01. The number of urea groups is 1. The number of nitrogens with zero attached hydrogens (tertiary/aromatic N) is 2. The molecule has 10 nitrogen and oxygen atoms in total. The number of piperidine rings is 2. The highest BCUT2D eigenvalue weighted by Gasteiger charge is 2.48. The molecule has 0 saturated carbocycles. The SMILES string of the molecule is NS(=O)(=O)c1cccc(C(F)(F)F)c1[C@H]1COC2(CCN(C(=O)N3CC[C@@H]4OCC(=O)N[C@@H]4C3)CC2)C1. The predicted molar refractivity (Wildman–Crippen MR) is 123 cm³/mol. The van der Waals surface area contributed by atoms with E-state index in [0.29, 0.717) is 45.4 Å². The molecular weight excluding hydrogens is 517 g/mol. The zero-order chi connectivity index (χ0) is 26.6. The molecule has 204 valence electrons. The number of alkyl halides is 3. The smallest absolute Gasteiger partial charge is 0.374 e. The van der Waals surface area contributed by atoms with E-state index in [4.69, 9.17) is 14.6 Å². The number of sulfonamides is 1. The second kappa shape index (κ2) is 9.40. The molecule has 4 heterocycles. The number of ether oxygens (including phenoxy) is 2. The first kappa shape index (κ1) is 26.2. The third kappa shape index (κ3) is 5.16. The number of morpholine rings is 1. The largest absolute Gasteiger partial charge is 0.416 e. The highest BCUT2D eigenvalue weighted by atomic mass is 32.2. The van der Waals surface area contributed by atoms with Gasteiger partial charge in [-0.1, -0.05) is 6.07 Å². The Bertz CT molecular complexity index is 1190. The van der Waals surface area contributed by atoms with Crippen molar-refractivity contribution in [1.82, 2.24) is 15.1 Å². The molecule has 0 aliphatic carbocycles. The van der Waals surface area contributed by atoms with Crippen molar-refractivity contribution in [3.63, 3.8) is 0 Å². The number of nitrogens with two attached hydrogens (primary N) is 1. The number of fused-ring (bicyclic) bond motifs is 1. The molecule has 1 aromatic rings. The molecule has 0 unspecified atom stereocenters. The molecular formula is C23H29F3N4O6S. The number of rotatable bonds is 2. The maximum Gasteiger partial charge on any atom is 0.416 e. The minimum atomic E-state index is -4.75. The molecule has 0 bridgehead atoms. The van der Waals surface area contributed by atoms with E-state index >= 15 is 0 Å². The van der Waals surface area contributed by atoms with Crippen molar-refractivity contribution < 1.29 is 40.7 Å². The maximum atomic E-state index is 13.8. The number of halogens is 3. The van der Waals surface area contributed by atoms with E-state index in [2.05, 4.69) is 5.32 Å². The Kier molecular flexibility index (Phi) is 6.66. The summed E-state index contributed by atoms with van der Waals surface area (Å²) in [5.41, 5.74) is -2.14. The molecule has 5 rings (SSSR count). The Morgan fingerprint density at radius 2 is 1.89 bits per heavy atom. The zero-order valence-corrected chi connectivity index (χ0v) is 20.8. The highest BCUT2D eigenvalue weighted by Crippen LogP contribution is 2.47. The van der Waals surface area contributed by atoms with Crippen molar-refractivity contribution in [1.29, 1.82) is 0 Å². The monoisotopic (exact) mass is 546 g/mol. The fourth-order valence-electron chi connectivity index (χ4n) is 6.02. The van der Waals surface area contributed by atoms with Crippen molar-refractivity contribution in [3.8, 4) is 0 Å². The van der Waals surface area contributed by atoms with Gasteiger partial charge in [0, 0.05) is 32.1 Å². The van der Waals surface area contributed by atoms with Crippen LogP contribution < -0.4 is 10.5 Å². The molecule has 4 saturated heterocycles. The van der Waals surface area contributed by atoms with Gasteiger partial charge in [0.1, 0.15) is 6.61 Å². The Balaban J connectivity index is 1.26. The number of likely N-dealkylation sites (tertiary alicyclic amines) is 2. The second-order valence-electron chi connectivity index (χ2n) is 10.2. The lowest BCUT2D eigenvalue weighted by molar-refractivity contribution is -0.140. The quantitative estimate of drug-likeness (QED) is 0.577. The van der Waals surface area contributed by atoms with Crippen molar-refractivity contribution in [2.45, 2.75) is 60.4 Å². The van der Waals surface area contributed by atoms with Crippen LogP contribution in [0.15, 0.2) is 23.1 Å². The second-order valence-corrected chi connectivity index (χ2v) is 11.7. The van der Waals surface area contributed by atoms with E-state index in [-0.39, 0.29) is 49.3 Å². The van der Waals surface area contributed by atoms with Crippen molar-refractivity contribution >= 4 is 22.0 Å². The molecule has 1 aromatic carbocycles. The Hall–Kier alpha value is -2.42. The molecule has 3 atom stereocenters. The van der Waals surface area contributed by atoms with Gasteiger partial charge in [0.25, 0.3) is 0 Å². The van der Waals surface area contributed by atoms with E-state index < -0.39 is 38.2 Å². The molecule has 3 amide bonds. The molecule has 0 radical (unpaired) electrons. The number of carbonyl (C=O) groups excluding carboxylic acids is 2. The predicted octanol–water partition coefficient (Wildman–Crippen LogP) is 1.40. The average molecular weight is 547 g/mol. The average Bonchev–Trinajstić information content (AvgIpc) is 3.25. The molecule has 0 aromatic heterocycles. The number of primary sulfonamides is 1. The van der Waals surface area contributed by atoms with E-state index in [1.165, 1.54) is 0 Å². The minimum Gasteiger partial charge on any atom is -0.374 e. The number of hydrogen-bond acceptors (Lipinski definition) is 6. The molecule has 37 heavy (non-hydrogen) atoms. The van der Waals surface area contributed by atoms with Crippen LogP contribution in [-0.2, 0) is 30.5 Å². The van der Waals surface area contributed by atoms with Crippen LogP contribution in [0, 0.1) is 0 Å². The van der Waals surface area contributed by atoms with Crippen LogP contribution in [0.5, 0.6) is 0 Å². The molecule has 14 heteroatoms. The topological polar surface area (TPSA) is 131 Å². The summed E-state index contributed by atoms with van der Waals surface area (Å²) in [6, 6.07) is 2.57. The van der Waals surface area contributed by atoms with Gasteiger partial charge in [-0.2, -0.15) is 13.2 Å². The lowest BCUT2D eigenvalue weighted by atomic mass is 9.82. The first-order valence-corrected chi connectivity index (χ1v) is 13.7. The third-order valence-corrected chi connectivity index (χ3v) is 8.80. The van der Waals surface area contributed by atoms with Crippen LogP contribution in [-0.4, -0.2) is 87.3 Å². The fraction of sp³-hybridized carbons (Fsp3) is 0.652. The van der Waals surface area contributed by atoms with Crippen molar-refractivity contribution in [3.05, 3.63) is 29.3 Å². The summed E-state index contributed by atoms with van der Waals surface area (Å²) in [6.07, 6.45) is -3.23. The summed E-state index contributed by atoms with van der Waals surface area (Å²) in [6.45, 7) is 1.50. The molecule has 3 N–H and O–H groups in total. The summed E-state index contributed by atoms with van der Waals surface area (Å²) in [7, 11) is -4.39. The molecule has 4 fully saturated rings. The van der Waals surface area contributed by atoms with Gasteiger partial charge in [-0.05, 0) is 43.4 Å². The van der Waals surface area contributed by atoms with E-state index in [9.17, 15) is 31.2 Å². The van der Waals surface area contributed by atoms with Gasteiger partial charge in [-0.3, -0.25) is 4.79 Å². The summed E-state index contributed by atoms with van der Waals surface area (Å²) in [4.78, 5) is 27.6. The van der Waals surface area contributed by atoms with Gasteiger partial charge in [0.2, 0.25) is 15.9 Å². The normalized spacial score (nSPS) is 28.2. The summed E-state index contributed by atoms with van der Waals surface area (Å²) < 4.78 is 77.2. The van der Waals surface area contributed by atoms with Crippen LogP contribution in [0.2, 0.25) is 0 Å². The van der Waals surface area contributed by atoms with E-state index in [1.54, 1.807) is 9.80 Å². The minimum absolute atomic E-state index is 0.0243. The Morgan fingerprint density at radius 3 is 2.57 bits per heavy atom. The number of nitrogens with one attached hydrogen (secondary N) is 1. The van der Waals surface area contributed by atoms with Crippen molar-refractivity contribution in [2.75, 3.05) is 39.4 Å². The Morgan fingerprint density at radius 1 is 1.16 bits per heavy atom. The third-order valence-electron chi connectivity index (χ3n) is 7.84. The van der Waals surface area contributed by atoms with Crippen LogP contribution in [0.1, 0.15) is 42.7 Å². The molecule has 4 aliphatic heterocycles. The van der Waals surface area contributed by atoms with Gasteiger partial charge in [-0.25, -0.2) is 18.4 Å². The number of amides is 3. The van der Waals surface area contributed by atoms with Gasteiger partial charge in [-0.15, -0.1) is 0 Å². The number of carbonyl (C=O) groups is 2. The number of benzene rings is 1. The first-order chi connectivity index (χ1) is 17.4. The van der Waals surface area contributed by atoms with E-state index in [0.717, 1.165) is 18.2 Å². The van der Waals surface area contributed by atoms with Gasteiger partial charge < -0.3 is 24.6 Å². The van der Waals surface area contributed by atoms with Crippen LogP contribution >= 0.6 is 0 Å². The van der Waals surface area contributed by atoms with Crippen LogP contribution in [0.4, 0.5) is 18.0 Å². The van der Waals surface area contributed by atoms with Gasteiger partial charge >= 0.3 is 12.2 Å². The lowest BCUT2D eigenvalue weighted by Crippen LogP contribution is -2.63. The highest BCUT2D eigenvalue weighted by molar-refractivity contribution is 7.89. The zero-order valence-electron chi connectivity index (χ0n) is 20.0. The first-order valence-electron chi connectivity index (χ1n) is 12.2. The summed E-state index contributed by atoms with van der Waals surface area (Å²) in [5, 5.41) is 8.13. The van der Waals surface area contributed by atoms with Crippen molar-refractivity contribution in [2.24, 2.45) is 5.14 Å². The van der Waals surface area contributed by atoms with Gasteiger partial charge in [0.15, 0.2) is 0 Å². The maximum absolute atomic E-state index is 13.8. The lowest BCUT2D eigenvalue weighted by Gasteiger charge is -2.44. The number of hydrogen-bond donors (Lipinski definition) is 2. The fourth-order valence-corrected chi connectivity index (χ4v) is 6.87. The molecule has 4 aliphatic rings. The molecule has 1 spiro atoms. The van der Waals surface area contributed by atoms with E-state index in [1.807, 2.05) is 0 Å². The Labute approximate surface area is 212 Å². The summed E-state index contributed by atoms with van der Waals surface area (Å²) >= 11 is 0.